The van der Waals surface area contributed by atoms with E-state index in [1.165, 1.54) is 82.7 Å². The molecule has 1 aromatic rings. The Balaban J connectivity index is 2.01. The van der Waals surface area contributed by atoms with E-state index in [-0.39, 0.29) is 18.1 Å². The molecule has 0 atom stereocenters. The van der Waals surface area contributed by atoms with E-state index in [4.69, 9.17) is 0 Å². The topological polar surface area (TPSA) is 0 Å². The second-order valence-electron chi connectivity index (χ2n) is 9.72. The largest absolute Gasteiger partial charge is 0.416 e. The van der Waals surface area contributed by atoms with Crippen LogP contribution in [-0.2, 0) is 18.8 Å². The van der Waals surface area contributed by atoms with E-state index in [2.05, 4.69) is 6.92 Å². The molecule has 0 saturated heterocycles. The van der Waals surface area contributed by atoms with Gasteiger partial charge in [0.15, 0.2) is 0 Å². The molecule has 0 aliphatic carbocycles. The van der Waals surface area contributed by atoms with Crippen LogP contribution in [0.25, 0.3) is 0 Å². The van der Waals surface area contributed by atoms with Crippen molar-refractivity contribution in [2.24, 2.45) is 0 Å². The molecular formula is C28H44F6Si. The van der Waals surface area contributed by atoms with Crippen LogP contribution >= 0.6 is 0 Å². The zero-order chi connectivity index (χ0) is 26.0. The lowest BCUT2D eigenvalue weighted by atomic mass is 9.99. The van der Waals surface area contributed by atoms with Gasteiger partial charge in [-0.15, -0.1) is 0 Å². The molecule has 0 saturated carbocycles. The third kappa shape index (κ3) is 16.4. The van der Waals surface area contributed by atoms with Gasteiger partial charge in [-0.3, -0.25) is 0 Å². The molecule has 7 heteroatoms. The number of hydrogen-bond acceptors (Lipinski definition) is 0. The summed E-state index contributed by atoms with van der Waals surface area (Å²) in [5.41, 5.74) is -2.33. The van der Waals surface area contributed by atoms with Crippen molar-refractivity contribution in [2.45, 2.75) is 141 Å². The van der Waals surface area contributed by atoms with Crippen molar-refractivity contribution in [3.8, 4) is 0 Å². The molecule has 0 unspecified atom stereocenters. The molecule has 1 aromatic carbocycles. The normalized spacial score (nSPS) is 12.4. The predicted molar refractivity (Wildman–Crippen MR) is 135 cm³/mol. The molecule has 0 aliphatic heterocycles. The average Bonchev–Trinajstić information content (AvgIpc) is 2.79. The Labute approximate surface area is 211 Å². The van der Waals surface area contributed by atoms with Crippen molar-refractivity contribution < 1.29 is 26.3 Å². The molecule has 1 rings (SSSR count). The van der Waals surface area contributed by atoms with Gasteiger partial charge >= 0.3 is 12.4 Å². The fourth-order valence-corrected chi connectivity index (χ4v) is 5.56. The molecule has 0 aliphatic rings. The summed E-state index contributed by atoms with van der Waals surface area (Å²) in [6, 6.07) is 4.62. The van der Waals surface area contributed by atoms with Gasteiger partial charge in [0.05, 0.1) is 11.1 Å². The van der Waals surface area contributed by atoms with Gasteiger partial charge in [-0.05, 0) is 36.6 Å². The number of aryl methyl sites for hydroxylation is 1. The highest BCUT2D eigenvalue weighted by molar-refractivity contribution is 6.35. The van der Waals surface area contributed by atoms with Crippen molar-refractivity contribution in [2.75, 3.05) is 0 Å². The standard InChI is InChI=1S/C28H44F6Si/c1-2-3-4-5-6-10-13-16-19-35-20-17-14-11-8-7-9-12-15-18-24-21-25(27(29,30)31)23-26(22-24)28(32,33)34/h21-23H,2-20H2,1H3. The third-order valence-electron chi connectivity index (χ3n) is 6.42. The van der Waals surface area contributed by atoms with Gasteiger partial charge in [0.2, 0.25) is 0 Å². The molecule has 0 N–H and O–H groups in total. The zero-order valence-corrected chi connectivity index (χ0v) is 22.4. The zero-order valence-electron chi connectivity index (χ0n) is 21.4. The van der Waals surface area contributed by atoms with Crippen molar-refractivity contribution in [3.05, 3.63) is 34.9 Å². The lowest BCUT2D eigenvalue weighted by Crippen LogP contribution is -2.11. The molecule has 0 bridgehead atoms. The number of rotatable bonds is 20. The minimum absolute atomic E-state index is 0.111. The molecule has 0 spiro atoms. The fraction of sp³-hybridized carbons (Fsp3) is 0.786. The summed E-state index contributed by atoms with van der Waals surface area (Å²) in [5.74, 6) is 0. The quantitative estimate of drug-likeness (QED) is 0.0907. The van der Waals surface area contributed by atoms with Gasteiger partial charge in [-0.2, -0.15) is 26.3 Å². The second-order valence-corrected chi connectivity index (χ2v) is 11.2. The van der Waals surface area contributed by atoms with E-state index in [0.29, 0.717) is 6.42 Å². The van der Waals surface area contributed by atoms with Crippen LogP contribution in [0.2, 0.25) is 12.1 Å². The van der Waals surface area contributed by atoms with Gasteiger partial charge in [-0.1, -0.05) is 115 Å². The molecule has 0 nitrogen and oxygen atoms in total. The summed E-state index contributed by atoms with van der Waals surface area (Å²) < 4.78 is 77.6. The molecule has 0 heterocycles. The minimum atomic E-state index is -4.77. The fourth-order valence-electron chi connectivity index (χ4n) is 4.31. The average molecular weight is 523 g/mol. The molecular weight excluding hydrogens is 478 g/mol. The van der Waals surface area contributed by atoms with Crippen LogP contribution in [0.1, 0.15) is 126 Å². The number of benzene rings is 1. The van der Waals surface area contributed by atoms with E-state index in [0.717, 1.165) is 47.3 Å². The van der Waals surface area contributed by atoms with Crippen molar-refractivity contribution in [1.82, 2.24) is 0 Å². The number of halogens is 6. The Morgan fingerprint density at radius 3 is 1.29 bits per heavy atom. The van der Waals surface area contributed by atoms with Gasteiger partial charge in [-0.25, -0.2) is 0 Å². The summed E-state index contributed by atoms with van der Waals surface area (Å²) in [4.78, 5) is 0. The van der Waals surface area contributed by atoms with E-state index < -0.39 is 23.5 Å². The van der Waals surface area contributed by atoms with E-state index in [1.807, 2.05) is 0 Å². The van der Waals surface area contributed by atoms with E-state index in [9.17, 15) is 26.3 Å². The van der Waals surface area contributed by atoms with Crippen LogP contribution in [0.5, 0.6) is 0 Å². The van der Waals surface area contributed by atoms with Gasteiger partial charge in [0, 0.05) is 9.52 Å². The first-order valence-electron chi connectivity index (χ1n) is 13.6. The Bertz CT molecular complexity index is 622. The van der Waals surface area contributed by atoms with Crippen LogP contribution in [-0.4, -0.2) is 9.52 Å². The van der Waals surface area contributed by atoms with Crippen LogP contribution in [0.15, 0.2) is 18.2 Å². The smallest absolute Gasteiger partial charge is 0.166 e. The SMILES string of the molecule is CCCCCCCCCC[Si]CCCCCCCCCCc1cc(C(F)(F)F)cc(C(F)(F)F)c1. The lowest BCUT2D eigenvalue weighted by Gasteiger charge is -2.14. The Morgan fingerprint density at radius 2 is 0.886 bits per heavy atom. The van der Waals surface area contributed by atoms with Gasteiger partial charge in [0.25, 0.3) is 0 Å². The Morgan fingerprint density at radius 1 is 0.514 bits per heavy atom. The van der Waals surface area contributed by atoms with Gasteiger partial charge < -0.3 is 0 Å². The van der Waals surface area contributed by atoms with Crippen LogP contribution in [0, 0.1) is 0 Å². The molecule has 2 radical (unpaired) electrons. The minimum Gasteiger partial charge on any atom is -0.166 e. The highest BCUT2D eigenvalue weighted by Gasteiger charge is 2.36. The van der Waals surface area contributed by atoms with Gasteiger partial charge in [0.1, 0.15) is 0 Å². The second kappa shape index (κ2) is 18.3. The summed E-state index contributed by atoms with van der Waals surface area (Å²) in [5, 5.41) is 0. The first kappa shape index (κ1) is 32.0. The van der Waals surface area contributed by atoms with Crippen molar-refractivity contribution in [3.63, 3.8) is 0 Å². The van der Waals surface area contributed by atoms with Crippen molar-refractivity contribution in [1.29, 1.82) is 0 Å². The number of unbranched alkanes of at least 4 members (excludes halogenated alkanes) is 14. The lowest BCUT2D eigenvalue weighted by molar-refractivity contribution is -0.143. The van der Waals surface area contributed by atoms with Crippen molar-refractivity contribution >= 4 is 9.52 Å². The summed E-state index contributed by atoms with van der Waals surface area (Å²) in [6.07, 6.45) is 10.1. The molecule has 0 fully saturated rings. The Hall–Kier alpha value is -0.983. The maximum absolute atomic E-state index is 12.9. The summed E-state index contributed by atoms with van der Waals surface area (Å²) in [7, 11) is 1.09. The van der Waals surface area contributed by atoms with Crippen LogP contribution in [0.3, 0.4) is 0 Å². The Kier molecular flexibility index (Phi) is 16.7. The third-order valence-corrected chi connectivity index (χ3v) is 7.84. The summed E-state index contributed by atoms with van der Waals surface area (Å²) >= 11 is 0. The van der Waals surface area contributed by atoms with E-state index >= 15 is 0 Å². The van der Waals surface area contributed by atoms with E-state index in [1.54, 1.807) is 0 Å². The molecule has 0 amide bonds. The summed E-state index contributed by atoms with van der Waals surface area (Å²) in [6.45, 7) is 2.25. The maximum Gasteiger partial charge on any atom is 0.416 e. The monoisotopic (exact) mass is 522 g/mol. The first-order valence-corrected chi connectivity index (χ1v) is 15.0. The first-order chi connectivity index (χ1) is 16.6. The maximum atomic E-state index is 12.9. The molecule has 0 aromatic heterocycles. The highest BCUT2D eigenvalue weighted by atomic mass is 28.2. The van der Waals surface area contributed by atoms with Crippen LogP contribution < -0.4 is 0 Å². The van der Waals surface area contributed by atoms with Crippen LogP contribution in [0.4, 0.5) is 26.3 Å². The highest BCUT2D eigenvalue weighted by Crippen LogP contribution is 2.36. The number of hydrogen-bond donors (Lipinski definition) is 0. The number of alkyl halides is 6. The molecule has 35 heavy (non-hydrogen) atoms. The molecule has 202 valence electrons. The predicted octanol–water partition coefficient (Wildman–Crippen LogP) is 11.1.